The Morgan fingerprint density at radius 2 is 1.30 bits per heavy atom. The van der Waals surface area contributed by atoms with Gasteiger partial charge in [0, 0.05) is 18.4 Å². The number of hydrogen-bond acceptors (Lipinski definition) is 3. The Morgan fingerprint density at radius 1 is 0.800 bits per heavy atom. The fourth-order valence-electron chi connectivity index (χ4n) is 5.42. The molecule has 1 rings (SSSR count). The molecule has 3 nitrogen and oxygen atoms in total. The Morgan fingerprint density at radius 3 is 1.73 bits per heavy atom. The van der Waals surface area contributed by atoms with Crippen molar-refractivity contribution in [1.29, 1.82) is 0 Å². The van der Waals surface area contributed by atoms with Gasteiger partial charge in [-0.2, -0.15) is 0 Å². The molecule has 0 radical (unpaired) electrons. The van der Waals surface area contributed by atoms with Gasteiger partial charge in [0.2, 0.25) is 0 Å². The van der Waals surface area contributed by atoms with Crippen molar-refractivity contribution in [2.75, 3.05) is 6.61 Å². The van der Waals surface area contributed by atoms with E-state index in [2.05, 4.69) is 69.2 Å². The topological polar surface area (TPSA) is 27.7 Å². The molecular formula is C26H54O3Si. The summed E-state index contributed by atoms with van der Waals surface area (Å²) in [4.78, 5) is 0. The average molecular weight is 443 g/mol. The molecule has 0 bridgehead atoms. The summed E-state index contributed by atoms with van der Waals surface area (Å²) >= 11 is 0. The molecule has 0 amide bonds. The predicted molar refractivity (Wildman–Crippen MR) is 133 cm³/mol. The van der Waals surface area contributed by atoms with Crippen molar-refractivity contribution < 1.29 is 13.9 Å². The van der Waals surface area contributed by atoms with E-state index in [1.807, 2.05) is 0 Å². The lowest BCUT2D eigenvalue weighted by Crippen LogP contribution is -2.48. The van der Waals surface area contributed by atoms with Crippen LogP contribution in [0, 0.1) is 5.41 Å². The second kappa shape index (κ2) is 13.0. The predicted octanol–water partition coefficient (Wildman–Crippen LogP) is 8.48. The van der Waals surface area contributed by atoms with Crippen LogP contribution in [0.25, 0.3) is 0 Å². The van der Waals surface area contributed by atoms with Gasteiger partial charge in [-0.1, -0.05) is 94.9 Å². The van der Waals surface area contributed by atoms with Gasteiger partial charge >= 0.3 is 0 Å². The summed E-state index contributed by atoms with van der Waals surface area (Å²) in [7, 11) is -1.76. The van der Waals surface area contributed by atoms with E-state index in [4.69, 9.17) is 13.9 Å². The molecule has 0 aromatic rings. The third-order valence-electron chi connectivity index (χ3n) is 6.97. The lowest BCUT2D eigenvalue weighted by molar-refractivity contribution is -0.281. The second-order valence-electron chi connectivity index (χ2n) is 11.6. The monoisotopic (exact) mass is 442 g/mol. The second-order valence-corrected chi connectivity index (χ2v) is 17.1. The van der Waals surface area contributed by atoms with Gasteiger partial charge in [0.1, 0.15) is 0 Å². The van der Waals surface area contributed by atoms with Crippen molar-refractivity contribution in [1.82, 2.24) is 0 Å². The van der Waals surface area contributed by atoms with Crippen LogP contribution in [0.1, 0.15) is 121 Å². The van der Waals surface area contributed by atoms with Gasteiger partial charge in [0.15, 0.2) is 14.6 Å². The first-order chi connectivity index (χ1) is 13.9. The first kappa shape index (κ1) is 28.1. The highest BCUT2D eigenvalue weighted by Gasteiger charge is 2.45. The van der Waals surface area contributed by atoms with Crippen molar-refractivity contribution in [2.45, 2.75) is 156 Å². The van der Waals surface area contributed by atoms with E-state index < -0.39 is 8.32 Å². The maximum atomic E-state index is 6.77. The molecule has 0 aliphatic carbocycles. The van der Waals surface area contributed by atoms with E-state index in [9.17, 15) is 0 Å². The molecule has 180 valence electrons. The quantitative estimate of drug-likeness (QED) is 0.211. The highest BCUT2D eigenvalue weighted by atomic mass is 28.4. The van der Waals surface area contributed by atoms with Gasteiger partial charge in [-0.3, -0.25) is 0 Å². The molecule has 4 heteroatoms. The number of ether oxygens (including phenoxy) is 2. The summed E-state index contributed by atoms with van der Waals surface area (Å²) < 4.78 is 19.6. The largest absolute Gasteiger partial charge is 0.416 e. The highest BCUT2D eigenvalue weighted by Crippen LogP contribution is 2.42. The standard InChI is InChI=1S/C26H54O3Si/c1-11-12-13-14-16-23-19-24(29-25(28-23)26(8,9)10)17-15-18-27-30(20(2)3,21(4)5)22(6)7/h20-25H,11-19H2,1-10H3/t23-,24-,25-/m0/s1. The molecule has 0 aromatic carbocycles. The first-order valence-electron chi connectivity index (χ1n) is 12.9. The van der Waals surface area contributed by atoms with E-state index in [0.29, 0.717) is 28.8 Å². The molecule has 1 saturated heterocycles. The molecule has 0 spiro atoms. The zero-order chi connectivity index (χ0) is 22.9. The van der Waals surface area contributed by atoms with Crippen LogP contribution >= 0.6 is 0 Å². The smallest absolute Gasteiger partial charge is 0.200 e. The molecule has 0 unspecified atom stereocenters. The van der Waals surface area contributed by atoms with E-state index in [-0.39, 0.29) is 11.7 Å². The van der Waals surface area contributed by atoms with Crippen LogP contribution in [0.5, 0.6) is 0 Å². The zero-order valence-corrected chi connectivity index (χ0v) is 23.1. The molecule has 1 aliphatic rings. The van der Waals surface area contributed by atoms with Gasteiger partial charge < -0.3 is 13.9 Å². The Balaban J connectivity index is 2.62. The van der Waals surface area contributed by atoms with E-state index in [1.165, 1.54) is 32.1 Å². The Kier molecular flexibility index (Phi) is 12.2. The minimum Gasteiger partial charge on any atom is -0.416 e. The van der Waals surface area contributed by atoms with Crippen LogP contribution in [-0.2, 0) is 13.9 Å². The third kappa shape index (κ3) is 8.22. The van der Waals surface area contributed by atoms with Crippen molar-refractivity contribution in [3.05, 3.63) is 0 Å². The summed E-state index contributed by atoms with van der Waals surface area (Å²) in [6.07, 6.45) is 10.2. The summed E-state index contributed by atoms with van der Waals surface area (Å²) in [6.45, 7) is 24.0. The van der Waals surface area contributed by atoms with E-state index in [0.717, 1.165) is 25.9 Å². The average Bonchev–Trinajstić information content (AvgIpc) is 2.63. The summed E-state index contributed by atoms with van der Waals surface area (Å²) in [5.74, 6) is 0. The van der Waals surface area contributed by atoms with E-state index in [1.54, 1.807) is 0 Å². The van der Waals surface area contributed by atoms with Crippen molar-refractivity contribution >= 4 is 8.32 Å². The zero-order valence-electron chi connectivity index (χ0n) is 22.1. The molecule has 0 N–H and O–H groups in total. The lowest BCUT2D eigenvalue weighted by Gasteiger charge is -2.43. The van der Waals surface area contributed by atoms with Gasteiger partial charge in [-0.25, -0.2) is 0 Å². The lowest BCUT2D eigenvalue weighted by atomic mass is 9.93. The van der Waals surface area contributed by atoms with Crippen LogP contribution in [0.15, 0.2) is 0 Å². The van der Waals surface area contributed by atoms with Crippen molar-refractivity contribution in [2.24, 2.45) is 5.41 Å². The van der Waals surface area contributed by atoms with E-state index >= 15 is 0 Å². The Hall–Kier alpha value is 0.0969. The van der Waals surface area contributed by atoms with Crippen LogP contribution in [0.3, 0.4) is 0 Å². The van der Waals surface area contributed by atoms with Crippen LogP contribution in [0.2, 0.25) is 16.6 Å². The van der Waals surface area contributed by atoms with Gasteiger partial charge in [0.25, 0.3) is 0 Å². The third-order valence-corrected chi connectivity index (χ3v) is 13.1. The molecule has 30 heavy (non-hydrogen) atoms. The van der Waals surface area contributed by atoms with Crippen molar-refractivity contribution in [3.8, 4) is 0 Å². The fourth-order valence-corrected chi connectivity index (χ4v) is 10.9. The van der Waals surface area contributed by atoms with Gasteiger partial charge in [-0.15, -0.1) is 0 Å². The minimum absolute atomic E-state index is 0.0197. The molecule has 3 atom stereocenters. The van der Waals surface area contributed by atoms with Gasteiger partial charge in [0.05, 0.1) is 12.2 Å². The van der Waals surface area contributed by atoms with Crippen LogP contribution < -0.4 is 0 Å². The Bertz CT molecular complexity index is 434. The van der Waals surface area contributed by atoms with Gasteiger partial charge in [-0.05, 0) is 35.9 Å². The minimum atomic E-state index is -1.76. The maximum absolute atomic E-state index is 6.77. The molecule has 0 aromatic heterocycles. The number of rotatable bonds is 13. The fraction of sp³-hybridized carbons (Fsp3) is 1.00. The number of unbranched alkanes of at least 4 members (excludes halogenated alkanes) is 3. The Labute approximate surface area is 190 Å². The molecular weight excluding hydrogens is 388 g/mol. The first-order valence-corrected chi connectivity index (χ1v) is 15.0. The molecule has 1 fully saturated rings. The summed E-state index contributed by atoms with van der Waals surface area (Å²) in [5.41, 5.74) is 1.96. The molecule has 1 aliphatic heterocycles. The van der Waals surface area contributed by atoms with Crippen LogP contribution in [-0.4, -0.2) is 33.4 Å². The summed E-state index contributed by atoms with van der Waals surface area (Å²) in [5, 5.41) is 0. The maximum Gasteiger partial charge on any atom is 0.200 e. The van der Waals surface area contributed by atoms with Crippen LogP contribution in [0.4, 0.5) is 0 Å². The number of hydrogen-bond donors (Lipinski definition) is 0. The van der Waals surface area contributed by atoms with Crippen molar-refractivity contribution in [3.63, 3.8) is 0 Å². The summed E-state index contributed by atoms with van der Waals surface area (Å²) in [6, 6.07) is 0. The SMILES string of the molecule is CCCCCC[C@H]1C[C@H](CCCO[Si](C(C)C)(C(C)C)C(C)C)O[C@@H](C(C)(C)C)O1. The highest BCUT2D eigenvalue weighted by molar-refractivity contribution is 6.77. The normalized spacial score (nSPS) is 23.7. The molecule has 0 saturated carbocycles. The molecule has 1 heterocycles.